The van der Waals surface area contributed by atoms with E-state index in [0.717, 1.165) is 16.8 Å². The number of benzene rings is 2. The van der Waals surface area contributed by atoms with Gasteiger partial charge in [-0.3, -0.25) is 4.79 Å². The minimum atomic E-state index is -0.435. The van der Waals surface area contributed by atoms with Crippen LogP contribution in [-0.4, -0.2) is 49.7 Å². The van der Waals surface area contributed by atoms with Crippen molar-refractivity contribution in [3.05, 3.63) is 78.0 Å². The summed E-state index contributed by atoms with van der Waals surface area (Å²) in [5.41, 5.74) is 4.50. The number of pyridine rings is 1. The number of likely N-dealkylation sites (tertiary alicyclic amines) is 1. The summed E-state index contributed by atoms with van der Waals surface area (Å²) in [4.78, 5) is 18.8. The van der Waals surface area contributed by atoms with Crippen molar-refractivity contribution in [1.29, 1.82) is 5.26 Å². The number of aliphatic hydroxyl groups is 1. The molecule has 1 atom stereocenters. The molecule has 4 aromatic rings. The molecule has 0 saturated carbocycles. The number of hydrogen-bond donors (Lipinski definition) is 2. The summed E-state index contributed by atoms with van der Waals surface area (Å²) in [7, 11) is 0. The van der Waals surface area contributed by atoms with Crippen LogP contribution in [0.15, 0.2) is 66.9 Å². The molecule has 1 amide bonds. The first-order valence-corrected chi connectivity index (χ1v) is 10.3. The third-order valence-electron chi connectivity index (χ3n) is 5.53. The molecule has 2 aromatic carbocycles. The number of rotatable bonds is 4. The highest BCUT2D eigenvalue weighted by atomic mass is 16.3. The van der Waals surface area contributed by atoms with Crippen LogP contribution in [0.5, 0.6) is 0 Å². The van der Waals surface area contributed by atoms with Crippen molar-refractivity contribution in [3.63, 3.8) is 0 Å². The monoisotopic (exact) mass is 424 g/mol. The molecule has 32 heavy (non-hydrogen) atoms. The first-order chi connectivity index (χ1) is 15.6. The molecular weight excluding hydrogens is 404 g/mol. The van der Waals surface area contributed by atoms with Crippen molar-refractivity contribution in [2.24, 2.45) is 0 Å². The fraction of sp³-hybridized carbons (Fsp3) is 0.167. The zero-order valence-electron chi connectivity index (χ0n) is 17.1. The van der Waals surface area contributed by atoms with E-state index >= 15 is 0 Å². The fourth-order valence-electron chi connectivity index (χ4n) is 3.84. The fourth-order valence-corrected chi connectivity index (χ4v) is 3.84. The van der Waals surface area contributed by atoms with Crippen LogP contribution in [0.3, 0.4) is 0 Å². The highest BCUT2D eigenvalue weighted by molar-refractivity contribution is 5.94. The molecule has 8 heteroatoms. The second kappa shape index (κ2) is 8.13. The van der Waals surface area contributed by atoms with Crippen molar-refractivity contribution < 1.29 is 9.90 Å². The van der Waals surface area contributed by atoms with Gasteiger partial charge in [0, 0.05) is 36.1 Å². The molecular formula is C24H20N6O2. The summed E-state index contributed by atoms with van der Waals surface area (Å²) in [6.07, 6.45) is 2.01. The summed E-state index contributed by atoms with van der Waals surface area (Å²) >= 11 is 0. The Bertz CT molecular complexity index is 1320. The molecule has 1 aliphatic rings. The first kappa shape index (κ1) is 19.7. The van der Waals surface area contributed by atoms with Crippen molar-refractivity contribution in [2.45, 2.75) is 12.5 Å². The Morgan fingerprint density at radius 2 is 1.91 bits per heavy atom. The predicted molar refractivity (Wildman–Crippen MR) is 119 cm³/mol. The Balaban J connectivity index is 1.36. The number of nitrogens with zero attached hydrogens (tertiary/aromatic N) is 5. The smallest absolute Gasteiger partial charge is 0.253 e. The van der Waals surface area contributed by atoms with Crippen LogP contribution in [0.4, 0.5) is 11.6 Å². The summed E-state index contributed by atoms with van der Waals surface area (Å²) in [5, 5.41) is 26.3. The molecule has 2 N–H and O–H groups in total. The van der Waals surface area contributed by atoms with Crippen LogP contribution in [0.2, 0.25) is 0 Å². The van der Waals surface area contributed by atoms with Gasteiger partial charge in [0.15, 0.2) is 5.65 Å². The molecule has 0 radical (unpaired) electrons. The van der Waals surface area contributed by atoms with Gasteiger partial charge in [0.05, 0.1) is 17.7 Å². The maximum absolute atomic E-state index is 12.5. The third-order valence-corrected chi connectivity index (χ3v) is 5.53. The van der Waals surface area contributed by atoms with Gasteiger partial charge in [-0.25, -0.2) is 4.52 Å². The van der Waals surface area contributed by atoms with Crippen LogP contribution in [-0.2, 0) is 0 Å². The summed E-state index contributed by atoms with van der Waals surface area (Å²) in [6.45, 7) is 0.957. The molecule has 1 unspecified atom stereocenters. The normalized spacial score (nSPS) is 15.6. The summed E-state index contributed by atoms with van der Waals surface area (Å²) < 4.78 is 1.70. The number of nitrogens with one attached hydrogen (secondary N) is 1. The van der Waals surface area contributed by atoms with Crippen LogP contribution in [0.25, 0.3) is 16.8 Å². The van der Waals surface area contributed by atoms with E-state index in [4.69, 9.17) is 5.26 Å². The minimum absolute atomic E-state index is 0.0778. The Labute approximate surface area is 184 Å². The zero-order valence-corrected chi connectivity index (χ0v) is 17.1. The number of aromatic nitrogens is 3. The van der Waals surface area contributed by atoms with Gasteiger partial charge in [-0.05, 0) is 60.5 Å². The van der Waals surface area contributed by atoms with Gasteiger partial charge < -0.3 is 15.3 Å². The Morgan fingerprint density at radius 3 is 2.59 bits per heavy atom. The Hall–Kier alpha value is -4.22. The van der Waals surface area contributed by atoms with Crippen LogP contribution in [0.1, 0.15) is 22.3 Å². The molecule has 1 aliphatic heterocycles. The maximum Gasteiger partial charge on any atom is 0.253 e. The van der Waals surface area contributed by atoms with Gasteiger partial charge in [0.1, 0.15) is 0 Å². The topological polar surface area (TPSA) is 107 Å². The van der Waals surface area contributed by atoms with Gasteiger partial charge in [0.2, 0.25) is 5.95 Å². The lowest BCUT2D eigenvalue weighted by Gasteiger charge is -2.15. The molecule has 0 aliphatic carbocycles. The maximum atomic E-state index is 12.5. The zero-order chi connectivity index (χ0) is 22.1. The number of carbonyl (C=O) groups is 1. The van der Waals surface area contributed by atoms with E-state index < -0.39 is 6.10 Å². The second-order valence-corrected chi connectivity index (χ2v) is 7.71. The largest absolute Gasteiger partial charge is 0.391 e. The quantitative estimate of drug-likeness (QED) is 0.521. The van der Waals surface area contributed by atoms with E-state index in [1.54, 1.807) is 33.7 Å². The molecule has 158 valence electrons. The van der Waals surface area contributed by atoms with Crippen molar-refractivity contribution >= 4 is 23.2 Å². The van der Waals surface area contributed by atoms with E-state index in [9.17, 15) is 9.90 Å². The predicted octanol–water partition coefficient (Wildman–Crippen LogP) is 3.22. The number of amides is 1. The van der Waals surface area contributed by atoms with Crippen molar-refractivity contribution in [2.75, 3.05) is 18.4 Å². The average molecular weight is 424 g/mol. The van der Waals surface area contributed by atoms with Crippen molar-refractivity contribution in [3.8, 4) is 17.2 Å². The second-order valence-electron chi connectivity index (χ2n) is 7.71. The van der Waals surface area contributed by atoms with E-state index in [0.29, 0.717) is 42.2 Å². The highest BCUT2D eigenvalue weighted by Crippen LogP contribution is 2.25. The SMILES string of the molecule is N#Cc1ccc(-c2cccn3nc(Nc4ccc(C(=O)N5CCC(O)C5)cc4)nc23)cc1. The van der Waals surface area contributed by atoms with Crippen LogP contribution < -0.4 is 5.32 Å². The summed E-state index contributed by atoms with van der Waals surface area (Å²) in [5.74, 6) is 0.360. The number of anilines is 2. The third kappa shape index (κ3) is 3.77. The number of aliphatic hydroxyl groups excluding tert-OH is 1. The van der Waals surface area contributed by atoms with Gasteiger partial charge in [-0.2, -0.15) is 10.2 Å². The standard InChI is InChI=1S/C24H20N6O2/c25-14-16-3-5-17(6-4-16)21-2-1-12-30-22(21)27-24(28-30)26-19-9-7-18(8-10-19)23(32)29-13-11-20(31)15-29/h1-10,12,20,31H,11,13,15H2,(H,26,28). The molecule has 0 spiro atoms. The molecule has 8 nitrogen and oxygen atoms in total. The molecule has 2 aromatic heterocycles. The van der Waals surface area contributed by atoms with E-state index in [1.165, 1.54) is 0 Å². The minimum Gasteiger partial charge on any atom is -0.391 e. The number of nitriles is 1. The van der Waals surface area contributed by atoms with E-state index in [-0.39, 0.29) is 5.91 Å². The van der Waals surface area contributed by atoms with Crippen LogP contribution >= 0.6 is 0 Å². The number of carbonyl (C=O) groups excluding carboxylic acids is 1. The number of fused-ring (bicyclic) bond motifs is 1. The first-order valence-electron chi connectivity index (χ1n) is 10.3. The van der Waals surface area contributed by atoms with Gasteiger partial charge in [0.25, 0.3) is 5.91 Å². The van der Waals surface area contributed by atoms with Crippen molar-refractivity contribution in [1.82, 2.24) is 19.5 Å². The van der Waals surface area contributed by atoms with Gasteiger partial charge in [-0.1, -0.05) is 12.1 Å². The lowest BCUT2D eigenvalue weighted by Crippen LogP contribution is -2.29. The molecule has 5 rings (SSSR count). The lowest BCUT2D eigenvalue weighted by molar-refractivity contribution is 0.0765. The Kier molecular flexibility index (Phi) is 5.01. The van der Waals surface area contributed by atoms with Gasteiger partial charge >= 0.3 is 0 Å². The average Bonchev–Trinajstić information content (AvgIpc) is 3.44. The van der Waals surface area contributed by atoms with Gasteiger partial charge in [-0.15, -0.1) is 5.10 Å². The number of β-amino-alcohol motifs (C(OH)–C–C–N with tert-alkyl or cyclic N) is 1. The van der Waals surface area contributed by atoms with E-state index in [1.807, 2.05) is 42.6 Å². The number of hydrogen-bond acceptors (Lipinski definition) is 6. The lowest BCUT2D eigenvalue weighted by atomic mass is 10.1. The molecule has 3 heterocycles. The molecule has 1 fully saturated rings. The molecule has 0 bridgehead atoms. The van der Waals surface area contributed by atoms with Crippen LogP contribution in [0, 0.1) is 11.3 Å². The van der Waals surface area contributed by atoms with E-state index in [2.05, 4.69) is 21.5 Å². The Morgan fingerprint density at radius 1 is 1.12 bits per heavy atom. The highest BCUT2D eigenvalue weighted by Gasteiger charge is 2.25. The summed E-state index contributed by atoms with van der Waals surface area (Å²) in [6, 6.07) is 20.5. The molecule has 1 saturated heterocycles.